The molecular weight excluding hydrogens is 457 g/mol. The van der Waals surface area contributed by atoms with E-state index in [2.05, 4.69) is 46.6 Å². The van der Waals surface area contributed by atoms with Gasteiger partial charge >= 0.3 is 11.9 Å². The number of hydrogen-bond donors (Lipinski definition) is 0. The summed E-state index contributed by atoms with van der Waals surface area (Å²) >= 11 is 0. The van der Waals surface area contributed by atoms with Crippen LogP contribution in [0.4, 0.5) is 0 Å². The number of hydrogen-bond acceptors (Lipinski definition) is 6. The van der Waals surface area contributed by atoms with Gasteiger partial charge in [-0.15, -0.1) is 0 Å². The number of ether oxygens (including phenoxy) is 2. The van der Waals surface area contributed by atoms with Crippen LogP contribution in [-0.2, 0) is 27.6 Å². The second kappa shape index (κ2) is 10.7. The Morgan fingerprint density at radius 3 is 2.22 bits per heavy atom. The van der Waals surface area contributed by atoms with Gasteiger partial charge in [0, 0.05) is 12.2 Å². The van der Waals surface area contributed by atoms with Crippen LogP contribution in [0.3, 0.4) is 0 Å². The van der Waals surface area contributed by atoms with Crippen molar-refractivity contribution < 1.29 is 27.6 Å². The monoisotopic (exact) mass is 500 g/mol. The van der Waals surface area contributed by atoms with E-state index in [1.54, 1.807) is 0 Å². The summed E-state index contributed by atoms with van der Waals surface area (Å²) in [5.41, 5.74) is -0.474. The van der Waals surface area contributed by atoms with Crippen LogP contribution in [0.15, 0.2) is 12.2 Å². The molecule has 32 heavy (non-hydrogen) atoms. The average molecular weight is 501 g/mol. The highest BCUT2D eigenvalue weighted by molar-refractivity contribution is 7.38. The molecule has 2 rings (SSSR count). The summed E-state index contributed by atoms with van der Waals surface area (Å²) in [4.78, 5) is 24.9. The fourth-order valence-electron chi connectivity index (χ4n) is 5.16. The molecule has 2 fully saturated rings. The van der Waals surface area contributed by atoms with E-state index in [0.717, 1.165) is 38.1 Å². The predicted octanol–water partition coefficient (Wildman–Crippen LogP) is 5.56. The van der Waals surface area contributed by atoms with E-state index < -0.39 is 35.9 Å². The molecule has 2 aliphatic rings. The van der Waals surface area contributed by atoms with E-state index in [0.29, 0.717) is 6.42 Å². The van der Waals surface area contributed by atoms with Crippen molar-refractivity contribution in [3.05, 3.63) is 12.2 Å². The zero-order chi connectivity index (χ0) is 24.2. The van der Waals surface area contributed by atoms with Crippen LogP contribution in [0.5, 0.6) is 0 Å². The van der Waals surface area contributed by atoms with Crippen molar-refractivity contribution in [1.82, 2.24) is 0 Å². The molecule has 0 aromatic rings. The van der Waals surface area contributed by atoms with Crippen molar-refractivity contribution in [2.45, 2.75) is 122 Å². The topological polar surface area (TPSA) is 71.1 Å². The lowest BCUT2D eigenvalue weighted by atomic mass is 9.98. The predicted molar refractivity (Wildman–Crippen MR) is 135 cm³/mol. The first kappa shape index (κ1) is 27.5. The minimum atomic E-state index is -2.53. The maximum absolute atomic E-state index is 12.7. The number of carbonyl (C=O) groups is 2. The molecule has 0 aromatic heterocycles. The number of carbonyl (C=O) groups excluding carboxylic acids is 2. The summed E-state index contributed by atoms with van der Waals surface area (Å²) in [5.74, 6) is -0.970. The molecular formula is C23H44O6Si3. The molecule has 1 saturated carbocycles. The molecule has 6 nitrogen and oxygen atoms in total. The lowest BCUT2D eigenvalue weighted by molar-refractivity contribution is -0.145. The summed E-state index contributed by atoms with van der Waals surface area (Å²) in [6.07, 6.45) is 9.15. The zero-order valence-corrected chi connectivity index (χ0v) is 24.4. The first-order chi connectivity index (χ1) is 14.7. The van der Waals surface area contributed by atoms with Gasteiger partial charge in [-0.3, -0.25) is 0 Å². The lowest BCUT2D eigenvalue weighted by Crippen LogP contribution is -2.76. The third kappa shape index (κ3) is 7.38. The summed E-state index contributed by atoms with van der Waals surface area (Å²) in [6.45, 7) is 17.4. The van der Waals surface area contributed by atoms with Gasteiger partial charge in [-0.05, 0) is 91.2 Å². The third-order valence-electron chi connectivity index (χ3n) is 6.48. The molecule has 0 N–H and O–H groups in total. The highest BCUT2D eigenvalue weighted by Crippen LogP contribution is 2.44. The van der Waals surface area contributed by atoms with Crippen LogP contribution in [0.2, 0.25) is 38.8 Å². The van der Waals surface area contributed by atoms with Crippen LogP contribution in [-0.4, -0.2) is 53.4 Å². The molecule has 1 saturated heterocycles. The standard InChI is InChI=1S/C23H44O6Si3/c1-9-22(27-21(25)16-15-20(24)26-19-13-11-10-12-14-19)32(29-30(4,5)6)18-17-23(2,3)28-31(32,7)8/h15-16,19,22H,9-14,17-18H2,1-8H3. The van der Waals surface area contributed by atoms with Gasteiger partial charge in [0.05, 0.1) is 5.60 Å². The number of esters is 2. The molecule has 2 atom stereocenters. The normalized spacial score (nSPS) is 27.1. The van der Waals surface area contributed by atoms with Crippen molar-refractivity contribution in [1.29, 1.82) is 0 Å². The zero-order valence-electron chi connectivity index (χ0n) is 21.4. The molecule has 0 bridgehead atoms. The molecule has 0 amide bonds. The van der Waals surface area contributed by atoms with E-state index in [9.17, 15) is 9.59 Å². The fourth-order valence-corrected chi connectivity index (χ4v) is 28.4. The Kier molecular flexibility index (Phi) is 9.17. The Balaban J connectivity index is 2.14. The number of rotatable bonds is 8. The van der Waals surface area contributed by atoms with Crippen molar-refractivity contribution in [3.8, 4) is 0 Å². The molecule has 0 spiro atoms. The van der Waals surface area contributed by atoms with Gasteiger partial charge in [-0.25, -0.2) is 9.59 Å². The molecule has 9 heteroatoms. The van der Waals surface area contributed by atoms with Crippen LogP contribution in [0.1, 0.15) is 65.7 Å². The Bertz CT molecular complexity index is 694. The molecule has 0 radical (unpaired) electrons. The third-order valence-corrected chi connectivity index (χ3v) is 25.1. The Labute approximate surface area is 197 Å². The van der Waals surface area contributed by atoms with E-state index in [-0.39, 0.29) is 17.4 Å². The quantitative estimate of drug-likeness (QED) is 0.247. The molecule has 184 valence electrons. The van der Waals surface area contributed by atoms with Gasteiger partial charge < -0.3 is 18.0 Å². The smallest absolute Gasteiger partial charge is 0.331 e. The summed E-state index contributed by atoms with van der Waals surface area (Å²) < 4.78 is 25.1. The highest BCUT2D eigenvalue weighted by Gasteiger charge is 2.64. The van der Waals surface area contributed by atoms with E-state index in [4.69, 9.17) is 18.0 Å². The van der Waals surface area contributed by atoms with Crippen LogP contribution in [0, 0.1) is 0 Å². The van der Waals surface area contributed by atoms with E-state index in [1.807, 2.05) is 6.92 Å². The molecule has 0 aromatic carbocycles. The summed E-state index contributed by atoms with van der Waals surface area (Å²) in [6, 6.07) is 0.933. The summed E-state index contributed by atoms with van der Waals surface area (Å²) in [5, 5.41) is 0. The second-order valence-corrected chi connectivity index (χ2v) is 28.7. The van der Waals surface area contributed by atoms with Gasteiger partial charge in [-0.1, -0.05) is 13.3 Å². The van der Waals surface area contributed by atoms with Gasteiger partial charge in [-0.2, -0.15) is 0 Å². The van der Waals surface area contributed by atoms with Crippen molar-refractivity contribution in [2.24, 2.45) is 0 Å². The van der Waals surface area contributed by atoms with Crippen molar-refractivity contribution in [2.75, 3.05) is 0 Å². The second-order valence-electron chi connectivity index (χ2n) is 11.3. The maximum atomic E-state index is 12.7. The Hall–Kier alpha value is -0.749. The van der Waals surface area contributed by atoms with E-state index >= 15 is 0 Å². The SMILES string of the molecule is CCC(OC(=O)C=CC(=O)OC1CCCCC1)[Si]1(O[Si](C)(C)C)CCC(C)(C)O[Si]1(C)C. The van der Waals surface area contributed by atoms with Crippen LogP contribution < -0.4 is 0 Å². The van der Waals surface area contributed by atoms with Gasteiger partial charge in [0.25, 0.3) is 0 Å². The van der Waals surface area contributed by atoms with Crippen molar-refractivity contribution >= 4 is 35.9 Å². The van der Waals surface area contributed by atoms with Crippen LogP contribution in [0.25, 0.3) is 0 Å². The van der Waals surface area contributed by atoms with E-state index in [1.165, 1.54) is 18.6 Å². The first-order valence-electron chi connectivity index (χ1n) is 12.2. The molecule has 1 aliphatic heterocycles. The Morgan fingerprint density at radius 2 is 1.69 bits per heavy atom. The average Bonchev–Trinajstić information content (AvgIpc) is 2.66. The lowest BCUT2D eigenvalue weighted by Gasteiger charge is -2.55. The van der Waals surface area contributed by atoms with Gasteiger partial charge in [0.2, 0.25) is 15.7 Å². The molecule has 1 heterocycles. The van der Waals surface area contributed by atoms with Gasteiger partial charge in [0.1, 0.15) is 11.8 Å². The molecule has 2 unspecified atom stereocenters. The Morgan fingerprint density at radius 1 is 1.09 bits per heavy atom. The van der Waals surface area contributed by atoms with Crippen molar-refractivity contribution in [3.63, 3.8) is 0 Å². The van der Waals surface area contributed by atoms with Gasteiger partial charge in [0.15, 0.2) is 8.32 Å². The first-order valence-corrected chi connectivity index (χ1v) is 21.7. The van der Waals surface area contributed by atoms with Crippen LogP contribution >= 0.6 is 0 Å². The fraction of sp³-hybridized carbons (Fsp3) is 0.826. The summed E-state index contributed by atoms with van der Waals surface area (Å²) in [7, 11) is -6.73. The highest BCUT2D eigenvalue weighted by atomic mass is 29.3. The largest absolute Gasteiger partial charge is 0.460 e. The maximum Gasteiger partial charge on any atom is 0.331 e. The minimum absolute atomic E-state index is 0.0318. The molecule has 1 aliphatic carbocycles. The minimum Gasteiger partial charge on any atom is -0.460 e.